The van der Waals surface area contributed by atoms with Crippen LogP contribution in [0.5, 0.6) is 0 Å². The van der Waals surface area contributed by atoms with Gasteiger partial charge in [0.25, 0.3) is 0 Å². The van der Waals surface area contributed by atoms with Gasteiger partial charge >= 0.3 is 0 Å². The minimum Gasteiger partial charge on any atom is -0.398 e. The molecule has 0 aliphatic carbocycles. The van der Waals surface area contributed by atoms with Crippen molar-refractivity contribution in [1.82, 2.24) is 9.62 Å². The van der Waals surface area contributed by atoms with Crippen LogP contribution < -0.4 is 11.1 Å². The van der Waals surface area contributed by atoms with Gasteiger partial charge in [0, 0.05) is 14.1 Å². The van der Waals surface area contributed by atoms with Crippen LogP contribution in [0.1, 0.15) is 0 Å². The van der Waals surface area contributed by atoms with Crippen molar-refractivity contribution in [3.8, 4) is 0 Å². The van der Waals surface area contributed by atoms with Crippen molar-refractivity contribution in [2.75, 3.05) is 26.4 Å². The van der Waals surface area contributed by atoms with Gasteiger partial charge in [-0.3, -0.25) is 4.79 Å². The number of hydrogen-bond donors (Lipinski definition) is 2. The van der Waals surface area contributed by atoms with Crippen LogP contribution in [0.4, 0.5) is 10.1 Å². The van der Waals surface area contributed by atoms with Gasteiger partial charge in [-0.1, -0.05) is 0 Å². The predicted molar refractivity (Wildman–Crippen MR) is 72.4 cm³/mol. The second kappa shape index (κ2) is 5.85. The van der Waals surface area contributed by atoms with E-state index in [1.165, 1.54) is 14.1 Å². The van der Waals surface area contributed by atoms with E-state index in [2.05, 4.69) is 21.2 Å². The van der Waals surface area contributed by atoms with Crippen molar-refractivity contribution in [3.05, 3.63) is 22.4 Å². The Labute approximate surface area is 118 Å². The Morgan fingerprint density at radius 2 is 2.11 bits per heavy atom. The number of likely N-dealkylation sites (N-methyl/N-ethyl adjacent to an activating group) is 2. The topological polar surface area (TPSA) is 92.5 Å². The molecule has 0 aromatic heterocycles. The summed E-state index contributed by atoms with van der Waals surface area (Å²) in [6.07, 6.45) is 0. The summed E-state index contributed by atoms with van der Waals surface area (Å²) in [4.78, 5) is 10.9. The fourth-order valence-electron chi connectivity index (χ4n) is 1.30. The van der Waals surface area contributed by atoms with Gasteiger partial charge in [-0.15, -0.1) is 0 Å². The number of nitrogens with two attached hydrogens (primary N) is 1. The molecule has 0 spiro atoms. The molecule has 106 valence electrons. The molecule has 1 amide bonds. The summed E-state index contributed by atoms with van der Waals surface area (Å²) < 4.78 is 38.4. The lowest BCUT2D eigenvalue weighted by Gasteiger charge is -2.17. The van der Waals surface area contributed by atoms with Crippen LogP contribution in [0.25, 0.3) is 0 Å². The van der Waals surface area contributed by atoms with Crippen molar-refractivity contribution < 1.29 is 17.6 Å². The summed E-state index contributed by atoms with van der Waals surface area (Å²) in [6.45, 7) is -0.354. The Balaban J connectivity index is 3.20. The highest BCUT2D eigenvalue weighted by molar-refractivity contribution is 9.10. The van der Waals surface area contributed by atoms with Crippen molar-refractivity contribution in [2.45, 2.75) is 4.90 Å². The maximum absolute atomic E-state index is 13.2. The fraction of sp³-hybridized carbons (Fsp3) is 0.300. The van der Waals surface area contributed by atoms with Crippen molar-refractivity contribution >= 4 is 37.5 Å². The summed E-state index contributed by atoms with van der Waals surface area (Å²) in [5.41, 5.74) is 5.29. The molecule has 19 heavy (non-hydrogen) atoms. The maximum atomic E-state index is 13.2. The highest BCUT2D eigenvalue weighted by Gasteiger charge is 2.26. The first-order valence-corrected chi connectivity index (χ1v) is 7.35. The molecule has 0 bridgehead atoms. The molecule has 0 unspecified atom stereocenters. The van der Waals surface area contributed by atoms with Gasteiger partial charge < -0.3 is 11.1 Å². The number of halogens is 2. The van der Waals surface area contributed by atoms with Gasteiger partial charge in [0.2, 0.25) is 15.9 Å². The molecule has 0 fully saturated rings. The number of nitrogen functional groups attached to an aromatic ring is 1. The van der Waals surface area contributed by atoms with E-state index < -0.39 is 21.7 Å². The van der Waals surface area contributed by atoms with Gasteiger partial charge in [0.05, 0.1) is 16.7 Å². The molecule has 6 nitrogen and oxygen atoms in total. The third-order valence-electron chi connectivity index (χ3n) is 2.39. The van der Waals surface area contributed by atoms with Crippen LogP contribution in [0.3, 0.4) is 0 Å². The van der Waals surface area contributed by atoms with Gasteiger partial charge in [0.15, 0.2) is 0 Å². The standard InChI is InChI=1S/C10H13BrFN3O3S/c1-14-10(16)5-15(2)19(17,18)9-3-6(11)7(12)4-8(9)13/h3-4H,5,13H2,1-2H3,(H,14,16). The molecule has 9 heteroatoms. The number of hydrogen-bond acceptors (Lipinski definition) is 4. The van der Waals surface area contributed by atoms with Crippen molar-refractivity contribution in [3.63, 3.8) is 0 Å². The van der Waals surface area contributed by atoms with E-state index in [-0.39, 0.29) is 21.6 Å². The smallest absolute Gasteiger partial charge is 0.245 e. The second-order valence-corrected chi connectivity index (χ2v) is 6.61. The number of nitrogens with zero attached hydrogens (tertiary/aromatic N) is 1. The number of carbonyl (C=O) groups is 1. The van der Waals surface area contributed by atoms with E-state index in [0.29, 0.717) is 0 Å². The number of nitrogens with one attached hydrogen (secondary N) is 1. The molecule has 0 aliphatic rings. The van der Waals surface area contributed by atoms with E-state index in [0.717, 1.165) is 16.4 Å². The van der Waals surface area contributed by atoms with E-state index in [1.54, 1.807) is 0 Å². The molecule has 3 N–H and O–H groups in total. The molecule has 0 aliphatic heterocycles. The maximum Gasteiger partial charge on any atom is 0.245 e. The number of rotatable bonds is 4. The molecule has 0 radical (unpaired) electrons. The third kappa shape index (κ3) is 3.43. The monoisotopic (exact) mass is 353 g/mol. The number of sulfonamides is 1. The van der Waals surface area contributed by atoms with Crippen molar-refractivity contribution in [2.24, 2.45) is 0 Å². The number of amides is 1. The summed E-state index contributed by atoms with van der Waals surface area (Å²) in [7, 11) is -1.33. The van der Waals surface area contributed by atoms with Crippen LogP contribution in [0.15, 0.2) is 21.5 Å². The Morgan fingerprint density at radius 3 is 2.63 bits per heavy atom. The molecule has 0 saturated heterocycles. The first kappa shape index (κ1) is 15.9. The molecule has 1 aromatic rings. The van der Waals surface area contributed by atoms with Crippen LogP contribution in [0, 0.1) is 5.82 Å². The van der Waals surface area contributed by atoms with Crippen LogP contribution >= 0.6 is 15.9 Å². The minimum atomic E-state index is -3.96. The first-order valence-electron chi connectivity index (χ1n) is 5.11. The number of anilines is 1. The second-order valence-electron chi connectivity index (χ2n) is 3.74. The number of carbonyl (C=O) groups excluding carboxylic acids is 1. The van der Waals surface area contributed by atoms with E-state index >= 15 is 0 Å². The van der Waals surface area contributed by atoms with Crippen LogP contribution in [0.2, 0.25) is 0 Å². The SMILES string of the molecule is CNC(=O)CN(C)S(=O)(=O)c1cc(Br)c(F)cc1N. The highest BCUT2D eigenvalue weighted by Crippen LogP contribution is 2.27. The van der Waals surface area contributed by atoms with Gasteiger partial charge in [-0.05, 0) is 28.1 Å². The first-order chi connectivity index (χ1) is 8.70. The van der Waals surface area contributed by atoms with Crippen LogP contribution in [-0.2, 0) is 14.8 Å². The zero-order valence-electron chi connectivity index (χ0n) is 10.3. The average molecular weight is 354 g/mol. The summed E-state index contributed by atoms with van der Waals surface area (Å²) in [5.74, 6) is -1.13. The molecule has 1 rings (SSSR count). The largest absolute Gasteiger partial charge is 0.398 e. The summed E-state index contributed by atoms with van der Waals surface area (Å²) in [6, 6.07) is 1.98. The molecular weight excluding hydrogens is 341 g/mol. The lowest BCUT2D eigenvalue weighted by atomic mass is 10.3. The molecule has 1 aromatic carbocycles. The van der Waals surface area contributed by atoms with E-state index in [9.17, 15) is 17.6 Å². The zero-order valence-corrected chi connectivity index (χ0v) is 12.7. The Morgan fingerprint density at radius 1 is 1.53 bits per heavy atom. The van der Waals surface area contributed by atoms with Crippen LogP contribution in [-0.4, -0.2) is 39.3 Å². The molecular formula is C10H13BrFN3O3S. The minimum absolute atomic E-state index is 0.0198. The van der Waals surface area contributed by atoms with E-state index in [1.807, 2.05) is 0 Å². The average Bonchev–Trinajstić information content (AvgIpc) is 2.33. The van der Waals surface area contributed by atoms with Gasteiger partial charge in [0.1, 0.15) is 10.7 Å². The lowest BCUT2D eigenvalue weighted by molar-refractivity contribution is -0.120. The van der Waals surface area contributed by atoms with Gasteiger partial charge in [-0.25, -0.2) is 12.8 Å². The Hall–Kier alpha value is -1.19. The lowest BCUT2D eigenvalue weighted by Crippen LogP contribution is -2.37. The Bertz CT molecular complexity index is 606. The normalized spacial score (nSPS) is 11.6. The van der Waals surface area contributed by atoms with Crippen molar-refractivity contribution in [1.29, 1.82) is 0 Å². The summed E-state index contributed by atoms with van der Waals surface area (Å²) >= 11 is 2.89. The number of benzene rings is 1. The Kier molecular flexibility index (Phi) is 4.88. The third-order valence-corrected chi connectivity index (χ3v) is 4.85. The quantitative estimate of drug-likeness (QED) is 0.772. The zero-order chi connectivity index (χ0) is 14.8. The fourth-order valence-corrected chi connectivity index (χ4v) is 3.04. The molecule has 0 saturated carbocycles. The van der Waals surface area contributed by atoms with E-state index in [4.69, 9.17) is 5.73 Å². The predicted octanol–water partition coefficient (Wildman–Crippen LogP) is 0.537. The molecule has 0 heterocycles. The molecule has 0 atom stereocenters. The van der Waals surface area contributed by atoms with Gasteiger partial charge in [-0.2, -0.15) is 4.31 Å². The summed E-state index contributed by atoms with van der Waals surface area (Å²) in [5, 5.41) is 2.31. The highest BCUT2D eigenvalue weighted by atomic mass is 79.9.